The van der Waals surface area contributed by atoms with Gasteiger partial charge in [-0.3, -0.25) is 4.98 Å². The standard InChI is InChI=1S/C24H25N3O3S/c1-28-21-13-17-19(14-22(21)29-2)25-11-10-20(17)30-16-8-9-18-23(12-16)31-24(27-18)26-15-6-4-3-5-7-15/h8-15H,3-7H2,1-2H3,(H,26,27). The van der Waals surface area contributed by atoms with Crippen LogP contribution in [0.15, 0.2) is 42.6 Å². The molecular formula is C24H25N3O3S. The van der Waals surface area contributed by atoms with Crippen LogP contribution in [0.5, 0.6) is 23.0 Å². The third-order valence-electron chi connectivity index (χ3n) is 5.73. The summed E-state index contributed by atoms with van der Waals surface area (Å²) in [6, 6.07) is 12.2. The molecule has 1 saturated carbocycles. The van der Waals surface area contributed by atoms with Gasteiger partial charge in [-0.2, -0.15) is 0 Å². The molecule has 1 N–H and O–H groups in total. The Morgan fingerprint density at radius 2 is 1.71 bits per heavy atom. The summed E-state index contributed by atoms with van der Waals surface area (Å²) in [7, 11) is 3.24. The Hall–Kier alpha value is -3.06. The van der Waals surface area contributed by atoms with E-state index in [1.807, 2.05) is 36.4 Å². The maximum Gasteiger partial charge on any atom is 0.184 e. The Kier molecular flexibility index (Phi) is 5.51. The second-order valence-electron chi connectivity index (χ2n) is 7.76. The molecule has 31 heavy (non-hydrogen) atoms. The van der Waals surface area contributed by atoms with E-state index in [0.717, 1.165) is 37.8 Å². The van der Waals surface area contributed by atoms with Crippen LogP contribution < -0.4 is 19.5 Å². The third-order valence-corrected chi connectivity index (χ3v) is 6.68. The average Bonchev–Trinajstić information content (AvgIpc) is 3.20. The summed E-state index contributed by atoms with van der Waals surface area (Å²) in [4.78, 5) is 9.20. The molecule has 0 atom stereocenters. The average molecular weight is 436 g/mol. The number of anilines is 1. The smallest absolute Gasteiger partial charge is 0.184 e. The Bertz CT molecular complexity index is 1220. The number of ether oxygens (including phenoxy) is 3. The molecule has 2 aromatic carbocycles. The molecule has 4 aromatic rings. The van der Waals surface area contributed by atoms with Crippen molar-refractivity contribution in [2.75, 3.05) is 19.5 Å². The Morgan fingerprint density at radius 3 is 2.52 bits per heavy atom. The van der Waals surface area contributed by atoms with Gasteiger partial charge in [0.15, 0.2) is 16.6 Å². The molecule has 7 heteroatoms. The van der Waals surface area contributed by atoms with Crippen LogP contribution in [-0.4, -0.2) is 30.2 Å². The van der Waals surface area contributed by atoms with E-state index in [0.29, 0.717) is 17.5 Å². The van der Waals surface area contributed by atoms with Crippen LogP contribution in [0.2, 0.25) is 0 Å². The highest BCUT2D eigenvalue weighted by atomic mass is 32.1. The number of benzene rings is 2. The summed E-state index contributed by atoms with van der Waals surface area (Å²) >= 11 is 1.68. The summed E-state index contributed by atoms with van der Waals surface area (Å²) in [5.74, 6) is 2.77. The van der Waals surface area contributed by atoms with Crippen LogP contribution in [0.4, 0.5) is 5.13 Å². The Labute approximate surface area is 185 Å². The van der Waals surface area contributed by atoms with Gasteiger partial charge in [0.2, 0.25) is 0 Å². The SMILES string of the molecule is COc1cc2nccc(Oc3ccc4nc(NC5CCCCC5)sc4c3)c2cc1OC. The van der Waals surface area contributed by atoms with Crippen molar-refractivity contribution in [2.24, 2.45) is 0 Å². The predicted octanol–water partition coefficient (Wildman–Crippen LogP) is 6.40. The van der Waals surface area contributed by atoms with Gasteiger partial charge in [-0.05, 0) is 37.1 Å². The lowest BCUT2D eigenvalue weighted by molar-refractivity contribution is 0.355. The van der Waals surface area contributed by atoms with E-state index in [4.69, 9.17) is 19.2 Å². The second kappa shape index (κ2) is 8.59. The van der Waals surface area contributed by atoms with Crippen LogP contribution >= 0.6 is 11.3 Å². The molecule has 5 rings (SSSR count). The minimum Gasteiger partial charge on any atom is -0.493 e. The molecular weight excluding hydrogens is 410 g/mol. The van der Waals surface area contributed by atoms with E-state index in [2.05, 4.69) is 10.3 Å². The molecule has 0 bridgehead atoms. The number of pyridine rings is 1. The molecule has 1 fully saturated rings. The van der Waals surface area contributed by atoms with Gasteiger partial charge in [0, 0.05) is 29.8 Å². The first kappa shape index (κ1) is 19.9. The first-order valence-corrected chi connectivity index (χ1v) is 11.4. The van der Waals surface area contributed by atoms with Crippen molar-refractivity contribution >= 4 is 37.6 Å². The number of thiazole rings is 1. The number of nitrogens with one attached hydrogen (secondary N) is 1. The van der Waals surface area contributed by atoms with Gasteiger partial charge in [-0.1, -0.05) is 30.6 Å². The number of hydrogen-bond acceptors (Lipinski definition) is 7. The quantitative estimate of drug-likeness (QED) is 0.378. The van der Waals surface area contributed by atoms with Crippen LogP contribution in [0, 0.1) is 0 Å². The van der Waals surface area contributed by atoms with Crippen molar-refractivity contribution in [1.82, 2.24) is 9.97 Å². The lowest BCUT2D eigenvalue weighted by Gasteiger charge is -2.22. The van der Waals surface area contributed by atoms with Gasteiger partial charge in [0.1, 0.15) is 11.5 Å². The van der Waals surface area contributed by atoms with E-state index in [1.54, 1.807) is 31.8 Å². The molecule has 0 saturated heterocycles. The number of nitrogens with zero attached hydrogens (tertiary/aromatic N) is 2. The molecule has 1 aliphatic carbocycles. The minimum absolute atomic E-state index is 0.542. The van der Waals surface area contributed by atoms with E-state index in [1.165, 1.54) is 32.1 Å². The summed E-state index contributed by atoms with van der Waals surface area (Å²) in [6.07, 6.45) is 8.15. The monoisotopic (exact) mass is 435 g/mol. The zero-order valence-corrected chi connectivity index (χ0v) is 18.5. The van der Waals surface area contributed by atoms with Crippen molar-refractivity contribution in [3.05, 3.63) is 42.6 Å². The van der Waals surface area contributed by atoms with Gasteiger partial charge in [0.25, 0.3) is 0 Å². The van der Waals surface area contributed by atoms with Crippen LogP contribution in [0.3, 0.4) is 0 Å². The first-order valence-electron chi connectivity index (χ1n) is 10.6. The molecule has 160 valence electrons. The lowest BCUT2D eigenvalue weighted by Crippen LogP contribution is -2.21. The Morgan fingerprint density at radius 1 is 0.903 bits per heavy atom. The lowest BCUT2D eigenvalue weighted by atomic mass is 9.96. The highest BCUT2D eigenvalue weighted by Gasteiger charge is 2.16. The van der Waals surface area contributed by atoms with Gasteiger partial charge in [-0.15, -0.1) is 0 Å². The summed E-state index contributed by atoms with van der Waals surface area (Å²) < 4.78 is 18.2. The first-order chi connectivity index (χ1) is 15.2. The van der Waals surface area contributed by atoms with Gasteiger partial charge < -0.3 is 19.5 Å². The summed E-state index contributed by atoms with van der Waals surface area (Å²) in [6.45, 7) is 0. The predicted molar refractivity (Wildman–Crippen MR) is 125 cm³/mol. The highest BCUT2D eigenvalue weighted by Crippen LogP contribution is 2.38. The normalized spacial score (nSPS) is 14.6. The molecule has 2 heterocycles. The van der Waals surface area contributed by atoms with E-state index in [9.17, 15) is 0 Å². The van der Waals surface area contributed by atoms with Crippen molar-refractivity contribution < 1.29 is 14.2 Å². The fourth-order valence-corrected chi connectivity index (χ4v) is 5.09. The number of fused-ring (bicyclic) bond motifs is 2. The minimum atomic E-state index is 0.542. The third kappa shape index (κ3) is 4.10. The van der Waals surface area contributed by atoms with Gasteiger partial charge >= 0.3 is 0 Å². The number of rotatable bonds is 6. The zero-order valence-electron chi connectivity index (χ0n) is 17.7. The molecule has 2 aromatic heterocycles. The van der Waals surface area contributed by atoms with Crippen LogP contribution in [0.1, 0.15) is 32.1 Å². The molecule has 0 unspecified atom stereocenters. The maximum absolute atomic E-state index is 6.25. The number of hydrogen-bond donors (Lipinski definition) is 1. The van der Waals surface area contributed by atoms with Crippen molar-refractivity contribution in [2.45, 2.75) is 38.1 Å². The summed E-state index contributed by atoms with van der Waals surface area (Å²) in [5, 5.41) is 5.48. The molecule has 0 aliphatic heterocycles. The fourth-order valence-electron chi connectivity index (χ4n) is 4.12. The molecule has 0 spiro atoms. The molecule has 6 nitrogen and oxygen atoms in total. The number of aromatic nitrogens is 2. The summed E-state index contributed by atoms with van der Waals surface area (Å²) in [5.41, 5.74) is 1.77. The van der Waals surface area contributed by atoms with Crippen molar-refractivity contribution in [1.29, 1.82) is 0 Å². The van der Waals surface area contributed by atoms with E-state index >= 15 is 0 Å². The zero-order chi connectivity index (χ0) is 21.2. The molecule has 1 aliphatic rings. The van der Waals surface area contributed by atoms with Gasteiger partial charge in [0.05, 0.1) is 30.0 Å². The highest BCUT2D eigenvalue weighted by molar-refractivity contribution is 7.22. The number of methoxy groups -OCH3 is 2. The topological polar surface area (TPSA) is 65.5 Å². The molecule has 0 amide bonds. The largest absolute Gasteiger partial charge is 0.493 e. The fraction of sp³-hybridized carbons (Fsp3) is 0.333. The van der Waals surface area contributed by atoms with E-state index in [-0.39, 0.29) is 0 Å². The van der Waals surface area contributed by atoms with Crippen molar-refractivity contribution in [3.63, 3.8) is 0 Å². The molecule has 0 radical (unpaired) electrons. The Balaban J connectivity index is 1.42. The van der Waals surface area contributed by atoms with Crippen LogP contribution in [-0.2, 0) is 0 Å². The van der Waals surface area contributed by atoms with Crippen molar-refractivity contribution in [3.8, 4) is 23.0 Å². The second-order valence-corrected chi connectivity index (χ2v) is 8.79. The van der Waals surface area contributed by atoms with Crippen LogP contribution in [0.25, 0.3) is 21.1 Å². The van der Waals surface area contributed by atoms with E-state index < -0.39 is 0 Å². The van der Waals surface area contributed by atoms with Gasteiger partial charge in [-0.25, -0.2) is 4.98 Å². The maximum atomic E-state index is 6.25.